The first-order valence-electron chi connectivity index (χ1n) is 8.24. The highest BCUT2D eigenvalue weighted by Crippen LogP contribution is 2.25. The molecule has 3 rings (SSSR count). The highest BCUT2D eigenvalue weighted by Gasteiger charge is 2.24. The van der Waals surface area contributed by atoms with Crippen molar-refractivity contribution >= 4 is 17.7 Å². The molecule has 134 valence electrons. The Kier molecular flexibility index (Phi) is 5.08. The van der Waals surface area contributed by atoms with Gasteiger partial charge in [-0.2, -0.15) is 4.98 Å². The summed E-state index contributed by atoms with van der Waals surface area (Å²) in [5, 5.41) is 19.3. The Morgan fingerprint density at radius 1 is 1.48 bits per heavy atom. The van der Waals surface area contributed by atoms with Crippen molar-refractivity contribution in [1.82, 2.24) is 30.3 Å². The maximum absolute atomic E-state index is 11.9. The number of carbonyl (C=O) groups is 1. The largest absolute Gasteiger partial charge is 0.395 e. The molecule has 0 bridgehead atoms. The molecule has 10 heteroatoms. The number of aliphatic hydroxyl groups is 1. The van der Waals surface area contributed by atoms with Crippen molar-refractivity contribution < 1.29 is 9.90 Å². The molecular formula is C15H22N8O2. The Balaban J connectivity index is 1.71. The summed E-state index contributed by atoms with van der Waals surface area (Å²) in [6.45, 7) is 3.55. The van der Waals surface area contributed by atoms with Gasteiger partial charge in [0.2, 0.25) is 5.95 Å². The summed E-state index contributed by atoms with van der Waals surface area (Å²) >= 11 is 0. The quantitative estimate of drug-likeness (QED) is 0.661. The second-order valence-corrected chi connectivity index (χ2v) is 6.03. The molecule has 1 unspecified atom stereocenters. The maximum atomic E-state index is 11.9. The van der Waals surface area contributed by atoms with Crippen molar-refractivity contribution in [3.63, 3.8) is 0 Å². The van der Waals surface area contributed by atoms with Gasteiger partial charge in [0.15, 0.2) is 5.69 Å². The first-order chi connectivity index (χ1) is 12.1. The lowest BCUT2D eigenvalue weighted by atomic mass is 10.1. The second-order valence-electron chi connectivity index (χ2n) is 6.03. The zero-order valence-electron chi connectivity index (χ0n) is 14.1. The van der Waals surface area contributed by atoms with E-state index in [1.807, 2.05) is 13.0 Å². The number of nitrogens with two attached hydrogens (primary N) is 1. The highest BCUT2D eigenvalue weighted by molar-refractivity contribution is 5.91. The number of hydrogen-bond donors (Lipinski definition) is 3. The Bertz CT molecular complexity index is 727. The monoisotopic (exact) mass is 346 g/mol. The van der Waals surface area contributed by atoms with Gasteiger partial charge in [0.25, 0.3) is 5.91 Å². The van der Waals surface area contributed by atoms with E-state index in [0.717, 1.165) is 30.9 Å². The molecule has 0 aromatic carbocycles. The third-order valence-electron chi connectivity index (χ3n) is 4.09. The van der Waals surface area contributed by atoms with Gasteiger partial charge in [-0.25, -0.2) is 9.67 Å². The molecule has 25 heavy (non-hydrogen) atoms. The molecule has 1 atom stereocenters. The molecule has 10 nitrogen and oxygen atoms in total. The Morgan fingerprint density at radius 2 is 2.32 bits per heavy atom. The third kappa shape index (κ3) is 4.02. The van der Waals surface area contributed by atoms with Crippen LogP contribution in [-0.4, -0.2) is 62.2 Å². The van der Waals surface area contributed by atoms with Crippen LogP contribution in [0.4, 0.5) is 11.8 Å². The number of piperidine rings is 1. The number of nitrogens with zero attached hydrogens (tertiary/aromatic N) is 6. The van der Waals surface area contributed by atoms with Crippen LogP contribution in [0.3, 0.4) is 0 Å². The zero-order valence-corrected chi connectivity index (χ0v) is 14.1. The topological polar surface area (TPSA) is 135 Å². The van der Waals surface area contributed by atoms with E-state index in [0.29, 0.717) is 6.54 Å². The van der Waals surface area contributed by atoms with Gasteiger partial charge in [0, 0.05) is 31.4 Å². The minimum absolute atomic E-state index is 0.0946. The van der Waals surface area contributed by atoms with Crippen LogP contribution >= 0.6 is 0 Å². The fourth-order valence-corrected chi connectivity index (χ4v) is 2.93. The molecule has 3 heterocycles. The number of hydrogen-bond acceptors (Lipinski definition) is 8. The van der Waals surface area contributed by atoms with E-state index in [1.54, 1.807) is 10.9 Å². The van der Waals surface area contributed by atoms with Crippen molar-refractivity contribution in [1.29, 1.82) is 0 Å². The summed E-state index contributed by atoms with van der Waals surface area (Å²) in [5.74, 6) is 0.726. The Labute approximate surface area is 145 Å². The Morgan fingerprint density at radius 3 is 3.08 bits per heavy atom. The molecule has 2 aromatic heterocycles. The second kappa shape index (κ2) is 7.43. The Hall–Kier alpha value is -2.75. The van der Waals surface area contributed by atoms with Crippen molar-refractivity contribution in [2.24, 2.45) is 0 Å². The average Bonchev–Trinajstić information content (AvgIpc) is 3.09. The summed E-state index contributed by atoms with van der Waals surface area (Å²) in [5.41, 5.74) is 6.82. The standard InChI is InChI=1S/C15H22N8O2/c1-10-7-13(19-15(16)18-10)22-5-2-3-11(8-22)23-9-12(20-21-23)14(25)17-4-6-24/h7,9,11,24H,2-6,8H2,1H3,(H,17,25)(H2,16,18,19). The molecule has 1 aliphatic heterocycles. The summed E-state index contributed by atoms with van der Waals surface area (Å²) in [6.07, 6.45) is 3.55. The minimum atomic E-state index is -0.341. The van der Waals surface area contributed by atoms with Crippen molar-refractivity contribution in [3.05, 3.63) is 23.7 Å². The minimum Gasteiger partial charge on any atom is -0.395 e. The predicted octanol–water partition coefficient (Wildman–Crippen LogP) is -0.478. The van der Waals surface area contributed by atoms with E-state index in [9.17, 15) is 4.79 Å². The van der Waals surface area contributed by atoms with E-state index >= 15 is 0 Å². The van der Waals surface area contributed by atoms with E-state index < -0.39 is 0 Å². The summed E-state index contributed by atoms with van der Waals surface area (Å²) in [4.78, 5) is 22.4. The molecule has 0 aliphatic carbocycles. The first kappa shape index (κ1) is 17.1. The SMILES string of the molecule is Cc1cc(N2CCCC(n3cc(C(=O)NCCO)nn3)C2)nc(N)n1. The van der Waals surface area contributed by atoms with Gasteiger partial charge in [-0.05, 0) is 19.8 Å². The number of carbonyl (C=O) groups excluding carboxylic acids is 1. The van der Waals surface area contributed by atoms with Gasteiger partial charge in [0.05, 0.1) is 18.8 Å². The number of amides is 1. The van der Waals surface area contributed by atoms with Gasteiger partial charge in [-0.1, -0.05) is 5.21 Å². The van der Waals surface area contributed by atoms with E-state index in [2.05, 4.69) is 30.5 Å². The maximum Gasteiger partial charge on any atom is 0.273 e. The van der Waals surface area contributed by atoms with Crippen LogP contribution in [0.1, 0.15) is 35.1 Å². The van der Waals surface area contributed by atoms with Crippen LogP contribution in [0, 0.1) is 6.92 Å². The average molecular weight is 346 g/mol. The number of aryl methyl sites for hydroxylation is 1. The number of nitrogen functional groups attached to an aromatic ring is 1. The molecular weight excluding hydrogens is 324 g/mol. The number of aromatic nitrogens is 5. The van der Waals surface area contributed by atoms with Crippen LogP contribution in [0.15, 0.2) is 12.3 Å². The first-order valence-corrected chi connectivity index (χ1v) is 8.24. The van der Waals surface area contributed by atoms with E-state index in [-0.39, 0.29) is 36.7 Å². The summed E-state index contributed by atoms with van der Waals surface area (Å²) in [7, 11) is 0. The van der Waals surface area contributed by atoms with Crippen LogP contribution in [0.2, 0.25) is 0 Å². The smallest absolute Gasteiger partial charge is 0.273 e. The number of rotatable bonds is 5. The fraction of sp³-hybridized carbons (Fsp3) is 0.533. The molecule has 0 radical (unpaired) electrons. The highest BCUT2D eigenvalue weighted by atomic mass is 16.3. The van der Waals surface area contributed by atoms with E-state index in [1.165, 1.54) is 0 Å². The molecule has 1 saturated heterocycles. The predicted molar refractivity (Wildman–Crippen MR) is 91.1 cm³/mol. The fourth-order valence-electron chi connectivity index (χ4n) is 2.93. The third-order valence-corrected chi connectivity index (χ3v) is 4.09. The zero-order chi connectivity index (χ0) is 17.8. The van der Waals surface area contributed by atoms with Crippen LogP contribution in [-0.2, 0) is 0 Å². The van der Waals surface area contributed by atoms with Crippen LogP contribution in [0.5, 0.6) is 0 Å². The molecule has 0 spiro atoms. The van der Waals surface area contributed by atoms with Gasteiger partial charge in [0.1, 0.15) is 5.82 Å². The van der Waals surface area contributed by atoms with Gasteiger partial charge < -0.3 is 21.1 Å². The number of nitrogens with one attached hydrogen (secondary N) is 1. The molecule has 1 fully saturated rings. The van der Waals surface area contributed by atoms with Crippen molar-refractivity contribution in [2.45, 2.75) is 25.8 Å². The normalized spacial score (nSPS) is 17.5. The molecule has 1 amide bonds. The van der Waals surface area contributed by atoms with Gasteiger partial charge in [-0.15, -0.1) is 5.10 Å². The lowest BCUT2D eigenvalue weighted by Gasteiger charge is -2.33. The molecule has 1 aliphatic rings. The number of aliphatic hydroxyl groups excluding tert-OH is 1. The van der Waals surface area contributed by atoms with Crippen molar-refractivity contribution in [2.75, 3.05) is 36.9 Å². The van der Waals surface area contributed by atoms with Crippen LogP contribution in [0.25, 0.3) is 0 Å². The summed E-state index contributed by atoms with van der Waals surface area (Å²) in [6, 6.07) is 2.01. The number of anilines is 2. The summed E-state index contributed by atoms with van der Waals surface area (Å²) < 4.78 is 1.72. The molecule has 2 aromatic rings. The molecule has 4 N–H and O–H groups in total. The van der Waals surface area contributed by atoms with Gasteiger partial charge in [-0.3, -0.25) is 4.79 Å². The lowest BCUT2D eigenvalue weighted by Crippen LogP contribution is -2.37. The lowest BCUT2D eigenvalue weighted by molar-refractivity contribution is 0.0939. The van der Waals surface area contributed by atoms with Crippen LogP contribution < -0.4 is 16.0 Å². The van der Waals surface area contributed by atoms with Gasteiger partial charge >= 0.3 is 0 Å². The molecule has 0 saturated carbocycles. The van der Waals surface area contributed by atoms with Crippen molar-refractivity contribution in [3.8, 4) is 0 Å². The van der Waals surface area contributed by atoms with E-state index in [4.69, 9.17) is 10.8 Å².